The van der Waals surface area contributed by atoms with Gasteiger partial charge in [0.25, 0.3) is 0 Å². The predicted molar refractivity (Wildman–Crippen MR) is 97.0 cm³/mol. The Labute approximate surface area is 143 Å². The van der Waals surface area contributed by atoms with Crippen molar-refractivity contribution in [3.05, 3.63) is 46.7 Å². The van der Waals surface area contributed by atoms with Crippen LogP contribution in [0.15, 0.2) is 41.1 Å². The standard InChI is InChI=1S/C18H15N3S2/c19-12-13-15(21-7-1-2-8-21)11-14(16-5-3-9-22-16)20-18(13)17-6-4-10-23-17/h3-6,9-11H,1-2,7-8H2. The molecule has 0 atom stereocenters. The molecule has 1 fully saturated rings. The van der Waals surface area contributed by atoms with Crippen molar-refractivity contribution in [3.8, 4) is 27.2 Å². The largest absolute Gasteiger partial charge is 0.370 e. The average Bonchev–Trinajstić information content (AvgIpc) is 3.37. The summed E-state index contributed by atoms with van der Waals surface area (Å²) < 4.78 is 0. The van der Waals surface area contributed by atoms with Crippen LogP contribution in [0, 0.1) is 11.3 Å². The molecule has 4 rings (SSSR count). The summed E-state index contributed by atoms with van der Waals surface area (Å²) in [6, 6.07) is 12.7. The second-order valence-electron chi connectivity index (χ2n) is 5.51. The molecule has 0 spiro atoms. The van der Waals surface area contributed by atoms with Crippen LogP contribution in [0.2, 0.25) is 0 Å². The van der Waals surface area contributed by atoms with Crippen LogP contribution in [0.25, 0.3) is 21.1 Å². The number of pyridine rings is 1. The van der Waals surface area contributed by atoms with E-state index in [1.54, 1.807) is 22.7 Å². The van der Waals surface area contributed by atoms with Crippen LogP contribution in [0.5, 0.6) is 0 Å². The number of nitrogens with zero attached hydrogens (tertiary/aromatic N) is 3. The van der Waals surface area contributed by atoms with Crippen LogP contribution in [0.1, 0.15) is 18.4 Å². The van der Waals surface area contributed by atoms with Gasteiger partial charge in [-0.25, -0.2) is 4.98 Å². The van der Waals surface area contributed by atoms with Gasteiger partial charge in [-0.1, -0.05) is 12.1 Å². The maximum absolute atomic E-state index is 9.77. The van der Waals surface area contributed by atoms with Crippen LogP contribution in [-0.4, -0.2) is 18.1 Å². The monoisotopic (exact) mass is 337 g/mol. The highest BCUT2D eigenvalue weighted by molar-refractivity contribution is 7.13. The van der Waals surface area contributed by atoms with Crippen molar-refractivity contribution < 1.29 is 0 Å². The average molecular weight is 337 g/mol. The Hall–Kier alpha value is -2.16. The van der Waals surface area contributed by atoms with E-state index in [1.165, 1.54) is 12.8 Å². The first kappa shape index (κ1) is 14.4. The molecule has 3 aromatic rings. The van der Waals surface area contributed by atoms with E-state index in [1.807, 2.05) is 23.6 Å². The second kappa shape index (κ2) is 6.15. The molecule has 0 N–H and O–H groups in total. The minimum absolute atomic E-state index is 0.703. The molecule has 3 aromatic heterocycles. The number of thiophene rings is 2. The number of hydrogen-bond donors (Lipinski definition) is 0. The van der Waals surface area contributed by atoms with E-state index in [4.69, 9.17) is 4.98 Å². The van der Waals surface area contributed by atoms with Gasteiger partial charge in [-0.15, -0.1) is 22.7 Å². The molecule has 0 saturated carbocycles. The van der Waals surface area contributed by atoms with Gasteiger partial charge >= 0.3 is 0 Å². The summed E-state index contributed by atoms with van der Waals surface area (Å²) >= 11 is 3.32. The van der Waals surface area contributed by atoms with Gasteiger partial charge in [-0.05, 0) is 41.8 Å². The van der Waals surface area contributed by atoms with E-state index in [0.717, 1.165) is 39.9 Å². The number of rotatable bonds is 3. The summed E-state index contributed by atoms with van der Waals surface area (Å²) in [6.45, 7) is 2.04. The van der Waals surface area contributed by atoms with Crippen LogP contribution in [-0.2, 0) is 0 Å². The van der Waals surface area contributed by atoms with Crippen molar-refractivity contribution >= 4 is 28.4 Å². The molecule has 0 radical (unpaired) electrons. The number of nitriles is 1. The summed E-state index contributed by atoms with van der Waals surface area (Å²) in [6.07, 6.45) is 2.38. The predicted octanol–water partition coefficient (Wildman–Crippen LogP) is 5.01. The zero-order valence-electron chi connectivity index (χ0n) is 12.5. The van der Waals surface area contributed by atoms with Crippen LogP contribution >= 0.6 is 22.7 Å². The van der Waals surface area contributed by atoms with Crippen molar-refractivity contribution in [2.75, 3.05) is 18.0 Å². The molecule has 114 valence electrons. The number of anilines is 1. The van der Waals surface area contributed by atoms with Gasteiger partial charge in [0.05, 0.1) is 21.1 Å². The molecule has 0 unspecified atom stereocenters. The van der Waals surface area contributed by atoms with E-state index < -0.39 is 0 Å². The zero-order valence-corrected chi connectivity index (χ0v) is 14.2. The molecule has 1 aliphatic heterocycles. The van der Waals surface area contributed by atoms with Crippen LogP contribution < -0.4 is 4.90 Å². The lowest BCUT2D eigenvalue weighted by Gasteiger charge is -2.21. The fraction of sp³-hybridized carbons (Fsp3) is 0.222. The van der Waals surface area contributed by atoms with Crippen molar-refractivity contribution in [3.63, 3.8) is 0 Å². The van der Waals surface area contributed by atoms with E-state index >= 15 is 0 Å². The molecule has 1 saturated heterocycles. The molecule has 0 aromatic carbocycles. The first-order chi connectivity index (χ1) is 11.4. The summed E-state index contributed by atoms with van der Waals surface area (Å²) in [7, 11) is 0. The highest BCUT2D eigenvalue weighted by Crippen LogP contribution is 2.37. The van der Waals surface area contributed by atoms with Crippen molar-refractivity contribution in [1.29, 1.82) is 5.26 Å². The third-order valence-corrected chi connectivity index (χ3v) is 5.85. The summed E-state index contributed by atoms with van der Waals surface area (Å²) in [5.74, 6) is 0. The minimum atomic E-state index is 0.703. The first-order valence-corrected chi connectivity index (χ1v) is 9.40. The van der Waals surface area contributed by atoms with Gasteiger partial charge in [-0.3, -0.25) is 0 Å². The van der Waals surface area contributed by atoms with Crippen molar-refractivity contribution in [2.24, 2.45) is 0 Å². The summed E-state index contributed by atoms with van der Waals surface area (Å²) in [5.41, 5.74) is 3.51. The Morgan fingerprint density at radius 1 is 1.04 bits per heavy atom. The van der Waals surface area contributed by atoms with Crippen molar-refractivity contribution in [2.45, 2.75) is 12.8 Å². The van der Waals surface area contributed by atoms with E-state index in [-0.39, 0.29) is 0 Å². The summed E-state index contributed by atoms with van der Waals surface area (Å²) in [5, 5.41) is 13.9. The maximum Gasteiger partial charge on any atom is 0.104 e. The third kappa shape index (κ3) is 2.65. The smallest absolute Gasteiger partial charge is 0.104 e. The molecule has 23 heavy (non-hydrogen) atoms. The lowest BCUT2D eigenvalue weighted by atomic mass is 10.1. The Morgan fingerprint density at radius 2 is 1.74 bits per heavy atom. The molecular formula is C18H15N3S2. The topological polar surface area (TPSA) is 39.9 Å². The van der Waals surface area contributed by atoms with Crippen LogP contribution in [0.4, 0.5) is 5.69 Å². The number of hydrogen-bond acceptors (Lipinski definition) is 5. The van der Waals surface area contributed by atoms with Crippen molar-refractivity contribution in [1.82, 2.24) is 4.98 Å². The molecule has 3 nitrogen and oxygen atoms in total. The fourth-order valence-electron chi connectivity index (χ4n) is 2.99. The Morgan fingerprint density at radius 3 is 2.35 bits per heavy atom. The van der Waals surface area contributed by atoms with Gasteiger partial charge in [0.1, 0.15) is 17.3 Å². The van der Waals surface area contributed by atoms with Gasteiger partial charge in [0.15, 0.2) is 0 Å². The molecule has 0 bridgehead atoms. The molecule has 5 heteroatoms. The fourth-order valence-corrected chi connectivity index (χ4v) is 4.40. The molecular weight excluding hydrogens is 322 g/mol. The molecule has 0 aliphatic carbocycles. The molecule has 4 heterocycles. The minimum Gasteiger partial charge on any atom is -0.370 e. The Kier molecular flexibility index (Phi) is 3.86. The summed E-state index contributed by atoms with van der Waals surface area (Å²) in [4.78, 5) is 9.36. The Bertz CT molecular complexity index is 839. The molecule has 1 aliphatic rings. The lowest BCUT2D eigenvalue weighted by Crippen LogP contribution is -2.19. The zero-order chi connectivity index (χ0) is 15.6. The first-order valence-electron chi connectivity index (χ1n) is 7.64. The highest BCUT2D eigenvalue weighted by Gasteiger charge is 2.22. The van der Waals surface area contributed by atoms with E-state index in [2.05, 4.69) is 28.5 Å². The van der Waals surface area contributed by atoms with Gasteiger partial charge in [0.2, 0.25) is 0 Å². The lowest BCUT2D eigenvalue weighted by molar-refractivity contribution is 0.949. The maximum atomic E-state index is 9.77. The third-order valence-electron chi connectivity index (χ3n) is 4.09. The Balaban J connectivity index is 1.95. The van der Waals surface area contributed by atoms with E-state index in [0.29, 0.717) is 5.56 Å². The van der Waals surface area contributed by atoms with Gasteiger partial charge < -0.3 is 4.90 Å². The van der Waals surface area contributed by atoms with Gasteiger partial charge in [0, 0.05) is 13.1 Å². The quantitative estimate of drug-likeness (QED) is 0.674. The SMILES string of the molecule is N#Cc1c(N2CCCC2)cc(-c2cccs2)nc1-c1cccs1. The number of aromatic nitrogens is 1. The second-order valence-corrected chi connectivity index (χ2v) is 7.41. The van der Waals surface area contributed by atoms with E-state index in [9.17, 15) is 5.26 Å². The normalized spacial score (nSPS) is 14.1. The van der Waals surface area contributed by atoms with Gasteiger partial charge in [-0.2, -0.15) is 5.26 Å². The highest BCUT2D eigenvalue weighted by atomic mass is 32.1. The molecule has 0 amide bonds. The van der Waals surface area contributed by atoms with Crippen LogP contribution in [0.3, 0.4) is 0 Å².